The highest BCUT2D eigenvalue weighted by Crippen LogP contribution is 2.01. The molecule has 0 bridgehead atoms. The summed E-state index contributed by atoms with van der Waals surface area (Å²) in [6.45, 7) is 9.15. The fourth-order valence-corrected chi connectivity index (χ4v) is 1.43. The molecule has 2 nitrogen and oxygen atoms in total. The van der Waals surface area contributed by atoms with E-state index in [9.17, 15) is 0 Å². The van der Waals surface area contributed by atoms with E-state index >= 15 is 0 Å². The van der Waals surface area contributed by atoms with E-state index in [1.807, 2.05) is 0 Å². The predicted molar refractivity (Wildman–Crippen MR) is 65.6 cm³/mol. The van der Waals surface area contributed by atoms with Crippen molar-refractivity contribution in [2.75, 3.05) is 6.61 Å². The van der Waals surface area contributed by atoms with Gasteiger partial charge < -0.3 is 10.1 Å². The molecule has 0 aromatic carbocycles. The van der Waals surface area contributed by atoms with Gasteiger partial charge in [0.15, 0.2) is 0 Å². The lowest BCUT2D eigenvalue weighted by Gasteiger charge is -2.22. The van der Waals surface area contributed by atoms with Crippen molar-refractivity contribution < 1.29 is 4.74 Å². The van der Waals surface area contributed by atoms with E-state index in [2.05, 4.69) is 33.0 Å². The number of unbranched alkanes of at least 4 members (excludes halogenated alkanes) is 3. The molecule has 14 heavy (non-hydrogen) atoms. The molecule has 0 aromatic rings. The first-order valence-electron chi connectivity index (χ1n) is 5.40. The Hall–Kier alpha value is -0.310. The lowest BCUT2D eigenvalue weighted by Crippen LogP contribution is -2.40. The summed E-state index contributed by atoms with van der Waals surface area (Å²) in [5, 5.41) is 3.64. The van der Waals surface area contributed by atoms with Gasteiger partial charge in [-0.15, -0.1) is 0 Å². The van der Waals surface area contributed by atoms with Gasteiger partial charge in [-0.25, -0.2) is 0 Å². The highest BCUT2D eigenvalue weighted by atomic mass is 32.1. The van der Waals surface area contributed by atoms with E-state index in [0.717, 1.165) is 13.0 Å². The smallest absolute Gasteiger partial charge is 0.257 e. The summed E-state index contributed by atoms with van der Waals surface area (Å²) < 4.78 is 5.38. The van der Waals surface area contributed by atoms with Gasteiger partial charge in [0.1, 0.15) is 0 Å². The average Bonchev–Trinajstić information content (AvgIpc) is 2.00. The van der Waals surface area contributed by atoms with Crippen molar-refractivity contribution in [2.24, 2.45) is 0 Å². The van der Waals surface area contributed by atoms with Crippen LogP contribution in [0.2, 0.25) is 0 Å². The summed E-state index contributed by atoms with van der Waals surface area (Å²) in [5.41, 5.74) is 0.000498. The maximum atomic E-state index is 5.38. The van der Waals surface area contributed by atoms with E-state index in [0.29, 0.717) is 5.17 Å². The predicted octanol–water partition coefficient (Wildman–Crippen LogP) is 3.26. The van der Waals surface area contributed by atoms with E-state index in [1.165, 1.54) is 19.3 Å². The summed E-state index contributed by atoms with van der Waals surface area (Å²) in [7, 11) is 0. The topological polar surface area (TPSA) is 21.3 Å². The van der Waals surface area contributed by atoms with Crippen molar-refractivity contribution >= 4 is 17.4 Å². The van der Waals surface area contributed by atoms with Crippen LogP contribution >= 0.6 is 12.2 Å². The molecule has 0 saturated carbocycles. The first-order chi connectivity index (χ1) is 6.45. The lowest BCUT2D eigenvalue weighted by atomic mass is 10.1. The second-order valence-corrected chi connectivity index (χ2v) is 4.94. The third kappa shape index (κ3) is 9.78. The lowest BCUT2D eigenvalue weighted by molar-refractivity contribution is 0.275. The van der Waals surface area contributed by atoms with Crippen LogP contribution in [0.25, 0.3) is 0 Å². The number of rotatable bonds is 5. The number of nitrogens with one attached hydrogen (secondary N) is 1. The van der Waals surface area contributed by atoms with Crippen molar-refractivity contribution in [3.8, 4) is 0 Å². The van der Waals surface area contributed by atoms with E-state index in [-0.39, 0.29) is 5.54 Å². The Morgan fingerprint density at radius 1 is 1.21 bits per heavy atom. The number of hydrogen-bond donors (Lipinski definition) is 1. The van der Waals surface area contributed by atoms with E-state index < -0.39 is 0 Å². The van der Waals surface area contributed by atoms with Crippen LogP contribution < -0.4 is 5.32 Å². The molecule has 0 rings (SSSR count). The zero-order valence-electron chi connectivity index (χ0n) is 9.85. The minimum atomic E-state index is 0.000498. The Balaban J connectivity index is 3.36. The van der Waals surface area contributed by atoms with Gasteiger partial charge in [0, 0.05) is 5.54 Å². The van der Waals surface area contributed by atoms with Crippen molar-refractivity contribution in [3.63, 3.8) is 0 Å². The molecular weight excluding hydrogens is 194 g/mol. The van der Waals surface area contributed by atoms with Crippen molar-refractivity contribution in [1.82, 2.24) is 5.32 Å². The number of ether oxygens (including phenoxy) is 1. The van der Waals surface area contributed by atoms with Gasteiger partial charge in [-0.05, 0) is 39.4 Å². The zero-order chi connectivity index (χ0) is 11.0. The average molecular weight is 217 g/mol. The molecule has 0 aliphatic heterocycles. The van der Waals surface area contributed by atoms with Crippen LogP contribution in [0.1, 0.15) is 53.4 Å². The third-order valence-corrected chi connectivity index (χ3v) is 1.93. The zero-order valence-corrected chi connectivity index (χ0v) is 10.7. The Morgan fingerprint density at radius 3 is 2.36 bits per heavy atom. The summed E-state index contributed by atoms with van der Waals surface area (Å²) in [5.74, 6) is 0. The SMILES string of the molecule is CCCCCCOC(=S)NC(C)(C)C. The molecule has 0 spiro atoms. The van der Waals surface area contributed by atoms with Crippen LogP contribution in [0.4, 0.5) is 0 Å². The summed E-state index contributed by atoms with van der Waals surface area (Å²) in [6, 6.07) is 0. The minimum absolute atomic E-state index is 0.000498. The van der Waals surface area contributed by atoms with E-state index in [4.69, 9.17) is 17.0 Å². The molecule has 0 fully saturated rings. The quantitative estimate of drug-likeness (QED) is 0.564. The van der Waals surface area contributed by atoms with Gasteiger partial charge in [-0.3, -0.25) is 0 Å². The van der Waals surface area contributed by atoms with Crippen LogP contribution in [0.15, 0.2) is 0 Å². The van der Waals surface area contributed by atoms with Crippen LogP contribution in [-0.4, -0.2) is 17.3 Å². The molecule has 0 atom stereocenters. The molecule has 0 heterocycles. The van der Waals surface area contributed by atoms with Crippen LogP contribution in [0.3, 0.4) is 0 Å². The molecule has 0 aliphatic carbocycles. The molecule has 0 aromatic heterocycles. The summed E-state index contributed by atoms with van der Waals surface area (Å²) in [6.07, 6.45) is 4.86. The van der Waals surface area contributed by atoms with Gasteiger partial charge in [0.05, 0.1) is 6.61 Å². The molecule has 1 N–H and O–H groups in total. The molecule has 0 amide bonds. The second kappa shape index (κ2) is 7.04. The van der Waals surface area contributed by atoms with Gasteiger partial charge in [-0.1, -0.05) is 26.2 Å². The minimum Gasteiger partial charge on any atom is -0.471 e. The van der Waals surface area contributed by atoms with Gasteiger partial charge in [0.25, 0.3) is 5.17 Å². The maximum Gasteiger partial charge on any atom is 0.257 e. The molecule has 0 aliphatic rings. The Kier molecular flexibility index (Phi) is 6.89. The first kappa shape index (κ1) is 13.7. The number of thiocarbonyl (C=S) groups is 1. The van der Waals surface area contributed by atoms with Gasteiger partial charge in [0.2, 0.25) is 0 Å². The maximum absolute atomic E-state index is 5.38. The highest BCUT2D eigenvalue weighted by molar-refractivity contribution is 7.80. The molecule has 3 heteroatoms. The summed E-state index contributed by atoms with van der Waals surface area (Å²) in [4.78, 5) is 0. The van der Waals surface area contributed by atoms with Gasteiger partial charge >= 0.3 is 0 Å². The Bertz CT molecular complexity index is 163. The molecular formula is C11H23NOS. The highest BCUT2D eigenvalue weighted by Gasteiger charge is 2.11. The largest absolute Gasteiger partial charge is 0.471 e. The van der Waals surface area contributed by atoms with Gasteiger partial charge in [-0.2, -0.15) is 0 Å². The normalized spacial score (nSPS) is 11.1. The van der Waals surface area contributed by atoms with Crippen molar-refractivity contribution in [3.05, 3.63) is 0 Å². The molecule has 84 valence electrons. The standard InChI is InChI=1S/C11H23NOS/c1-5-6-7-8-9-13-10(14)12-11(2,3)4/h5-9H2,1-4H3,(H,12,14). The second-order valence-electron chi connectivity index (χ2n) is 4.57. The first-order valence-corrected chi connectivity index (χ1v) is 5.81. The molecule has 0 radical (unpaired) electrons. The molecule has 0 saturated heterocycles. The van der Waals surface area contributed by atoms with Crippen LogP contribution in [0.5, 0.6) is 0 Å². The Labute approximate surface area is 93.4 Å². The van der Waals surface area contributed by atoms with Crippen LogP contribution in [0, 0.1) is 0 Å². The van der Waals surface area contributed by atoms with E-state index in [1.54, 1.807) is 0 Å². The summed E-state index contributed by atoms with van der Waals surface area (Å²) >= 11 is 5.05. The third-order valence-electron chi connectivity index (χ3n) is 1.71. The monoisotopic (exact) mass is 217 g/mol. The van der Waals surface area contributed by atoms with Crippen molar-refractivity contribution in [2.45, 2.75) is 58.9 Å². The number of hydrogen-bond acceptors (Lipinski definition) is 2. The molecule has 0 unspecified atom stereocenters. The Morgan fingerprint density at radius 2 is 1.86 bits per heavy atom. The fourth-order valence-electron chi connectivity index (χ4n) is 1.04. The van der Waals surface area contributed by atoms with Crippen molar-refractivity contribution in [1.29, 1.82) is 0 Å². The fraction of sp³-hybridized carbons (Fsp3) is 0.909. The van der Waals surface area contributed by atoms with Crippen LogP contribution in [-0.2, 0) is 4.74 Å².